The summed E-state index contributed by atoms with van der Waals surface area (Å²) in [5.74, 6) is 0.0267. The van der Waals surface area contributed by atoms with Crippen LogP contribution in [0.1, 0.15) is 5.69 Å². The Morgan fingerprint density at radius 3 is 2.84 bits per heavy atom. The van der Waals surface area contributed by atoms with Crippen LogP contribution in [0.4, 0.5) is 0 Å². The van der Waals surface area contributed by atoms with Crippen LogP contribution in [0.25, 0.3) is 10.9 Å². The summed E-state index contributed by atoms with van der Waals surface area (Å²) in [4.78, 5) is 16.2. The summed E-state index contributed by atoms with van der Waals surface area (Å²) in [6.45, 7) is 1.05. The standard InChI is InChI=1S/C15H17NO3/c1-18-8-9-19-11-14(17)10-13-7-6-12-4-2-3-5-15(12)16-13/h2-7H,8-11H2,1H3. The van der Waals surface area contributed by atoms with E-state index in [4.69, 9.17) is 9.47 Å². The zero-order chi connectivity index (χ0) is 13.5. The predicted octanol–water partition coefficient (Wildman–Crippen LogP) is 2.01. The summed E-state index contributed by atoms with van der Waals surface area (Å²) in [5, 5.41) is 1.08. The molecule has 0 atom stereocenters. The Hall–Kier alpha value is -1.78. The van der Waals surface area contributed by atoms with Gasteiger partial charge in [-0.15, -0.1) is 0 Å². The van der Waals surface area contributed by atoms with Crippen LogP contribution in [0.2, 0.25) is 0 Å². The molecule has 19 heavy (non-hydrogen) atoms. The fraction of sp³-hybridized carbons (Fsp3) is 0.333. The van der Waals surface area contributed by atoms with E-state index in [1.54, 1.807) is 7.11 Å². The molecule has 2 aromatic rings. The van der Waals surface area contributed by atoms with E-state index in [-0.39, 0.29) is 12.4 Å². The first kappa shape index (κ1) is 13.6. The number of pyridine rings is 1. The van der Waals surface area contributed by atoms with E-state index in [9.17, 15) is 4.79 Å². The molecule has 0 N–H and O–H groups in total. The van der Waals surface area contributed by atoms with Crippen molar-refractivity contribution in [2.24, 2.45) is 0 Å². The van der Waals surface area contributed by atoms with Crippen LogP contribution in [-0.2, 0) is 20.7 Å². The summed E-state index contributed by atoms with van der Waals surface area (Å²) in [6.07, 6.45) is 0.303. The fourth-order valence-electron chi connectivity index (χ4n) is 1.79. The van der Waals surface area contributed by atoms with Gasteiger partial charge >= 0.3 is 0 Å². The molecule has 1 aromatic heterocycles. The van der Waals surface area contributed by atoms with E-state index in [1.165, 1.54) is 0 Å². The number of carbonyl (C=O) groups excluding carboxylic acids is 1. The zero-order valence-corrected chi connectivity index (χ0v) is 11.0. The van der Waals surface area contributed by atoms with E-state index >= 15 is 0 Å². The van der Waals surface area contributed by atoms with Crippen molar-refractivity contribution in [1.82, 2.24) is 4.98 Å². The molecule has 0 saturated heterocycles. The van der Waals surface area contributed by atoms with Crippen molar-refractivity contribution < 1.29 is 14.3 Å². The highest BCUT2D eigenvalue weighted by Crippen LogP contribution is 2.12. The summed E-state index contributed by atoms with van der Waals surface area (Å²) in [7, 11) is 1.60. The van der Waals surface area contributed by atoms with Crippen LogP contribution in [-0.4, -0.2) is 37.7 Å². The highest BCUT2D eigenvalue weighted by molar-refractivity contribution is 5.83. The quantitative estimate of drug-likeness (QED) is 0.714. The van der Waals surface area contributed by atoms with Gasteiger partial charge in [0.25, 0.3) is 0 Å². The summed E-state index contributed by atoms with van der Waals surface area (Å²) >= 11 is 0. The molecule has 0 unspecified atom stereocenters. The third-order valence-electron chi connectivity index (χ3n) is 2.73. The minimum absolute atomic E-state index is 0.0267. The number of hydrogen-bond acceptors (Lipinski definition) is 4. The smallest absolute Gasteiger partial charge is 0.164 e. The van der Waals surface area contributed by atoms with Gasteiger partial charge in [0.15, 0.2) is 5.78 Å². The normalized spacial score (nSPS) is 10.8. The Kier molecular flexibility index (Phi) is 5.01. The maximum absolute atomic E-state index is 11.7. The first-order chi connectivity index (χ1) is 9.29. The largest absolute Gasteiger partial charge is 0.382 e. The zero-order valence-electron chi connectivity index (χ0n) is 11.0. The molecular weight excluding hydrogens is 242 g/mol. The molecule has 2 rings (SSSR count). The van der Waals surface area contributed by atoms with Gasteiger partial charge in [-0.1, -0.05) is 24.3 Å². The van der Waals surface area contributed by atoms with Gasteiger partial charge < -0.3 is 9.47 Å². The number of ketones is 1. The molecule has 0 amide bonds. The van der Waals surface area contributed by atoms with Crippen molar-refractivity contribution in [3.05, 3.63) is 42.1 Å². The van der Waals surface area contributed by atoms with Crippen LogP contribution in [0.3, 0.4) is 0 Å². The third kappa shape index (κ3) is 4.12. The molecular formula is C15H17NO3. The van der Waals surface area contributed by atoms with Crippen LogP contribution in [0, 0.1) is 0 Å². The molecule has 0 spiro atoms. The minimum atomic E-state index is 0.0267. The Balaban J connectivity index is 1.91. The third-order valence-corrected chi connectivity index (χ3v) is 2.73. The molecule has 100 valence electrons. The monoisotopic (exact) mass is 259 g/mol. The lowest BCUT2D eigenvalue weighted by Gasteiger charge is -2.04. The topological polar surface area (TPSA) is 48.4 Å². The molecule has 0 fully saturated rings. The lowest BCUT2D eigenvalue weighted by atomic mass is 10.1. The van der Waals surface area contributed by atoms with Gasteiger partial charge in [0.05, 0.1) is 25.2 Å². The highest BCUT2D eigenvalue weighted by Gasteiger charge is 2.06. The number of Topliss-reactive ketones (excluding diaryl/α,β-unsaturated/α-hetero) is 1. The molecule has 0 bridgehead atoms. The van der Waals surface area contributed by atoms with Gasteiger partial charge in [0.2, 0.25) is 0 Å². The lowest BCUT2D eigenvalue weighted by Crippen LogP contribution is -2.14. The molecule has 0 aliphatic rings. The van der Waals surface area contributed by atoms with Crippen molar-refractivity contribution in [3.63, 3.8) is 0 Å². The highest BCUT2D eigenvalue weighted by atomic mass is 16.5. The van der Waals surface area contributed by atoms with Gasteiger partial charge in [-0.3, -0.25) is 9.78 Å². The van der Waals surface area contributed by atoms with Crippen molar-refractivity contribution in [3.8, 4) is 0 Å². The number of carbonyl (C=O) groups is 1. The number of hydrogen-bond donors (Lipinski definition) is 0. The Morgan fingerprint density at radius 1 is 1.16 bits per heavy atom. The summed E-state index contributed by atoms with van der Waals surface area (Å²) in [6, 6.07) is 11.7. The van der Waals surface area contributed by atoms with Gasteiger partial charge in [-0.05, 0) is 12.1 Å². The minimum Gasteiger partial charge on any atom is -0.382 e. The number of benzene rings is 1. The van der Waals surface area contributed by atoms with Crippen molar-refractivity contribution in [2.45, 2.75) is 6.42 Å². The average molecular weight is 259 g/mol. The molecule has 4 heteroatoms. The van der Waals surface area contributed by atoms with E-state index < -0.39 is 0 Å². The van der Waals surface area contributed by atoms with Crippen molar-refractivity contribution in [1.29, 1.82) is 0 Å². The SMILES string of the molecule is COCCOCC(=O)Cc1ccc2ccccc2n1. The van der Waals surface area contributed by atoms with E-state index in [1.807, 2.05) is 36.4 Å². The first-order valence-corrected chi connectivity index (χ1v) is 6.22. The number of aromatic nitrogens is 1. The van der Waals surface area contributed by atoms with Gasteiger partial charge in [-0.25, -0.2) is 0 Å². The molecule has 1 aromatic carbocycles. The Labute approximate surface area is 112 Å². The molecule has 0 saturated carbocycles. The number of fused-ring (bicyclic) bond motifs is 1. The maximum Gasteiger partial charge on any atom is 0.164 e. The summed E-state index contributed by atoms with van der Waals surface area (Å²) < 4.78 is 10.0. The van der Waals surface area contributed by atoms with E-state index in [0.717, 1.165) is 16.6 Å². The molecule has 0 aliphatic carbocycles. The van der Waals surface area contributed by atoms with Crippen molar-refractivity contribution in [2.75, 3.05) is 26.9 Å². The number of rotatable bonds is 7. The Morgan fingerprint density at radius 2 is 2.00 bits per heavy atom. The van der Waals surface area contributed by atoms with Crippen LogP contribution < -0.4 is 0 Å². The molecule has 0 aliphatic heterocycles. The predicted molar refractivity (Wildman–Crippen MR) is 73.1 cm³/mol. The second kappa shape index (κ2) is 6.97. The fourth-order valence-corrected chi connectivity index (χ4v) is 1.79. The second-order valence-corrected chi connectivity index (χ2v) is 4.26. The molecule has 0 radical (unpaired) electrons. The summed E-state index contributed by atoms with van der Waals surface area (Å²) in [5.41, 5.74) is 1.69. The van der Waals surface area contributed by atoms with Crippen LogP contribution in [0.15, 0.2) is 36.4 Å². The number of methoxy groups -OCH3 is 1. The van der Waals surface area contributed by atoms with Gasteiger partial charge in [-0.2, -0.15) is 0 Å². The second-order valence-electron chi connectivity index (χ2n) is 4.26. The van der Waals surface area contributed by atoms with E-state index in [0.29, 0.717) is 19.6 Å². The number of para-hydroxylation sites is 1. The van der Waals surface area contributed by atoms with E-state index in [2.05, 4.69) is 4.98 Å². The maximum atomic E-state index is 11.7. The molecule has 4 nitrogen and oxygen atoms in total. The van der Waals surface area contributed by atoms with Gasteiger partial charge in [0, 0.05) is 18.2 Å². The first-order valence-electron chi connectivity index (χ1n) is 6.22. The number of ether oxygens (including phenoxy) is 2. The molecule has 1 heterocycles. The van der Waals surface area contributed by atoms with Crippen LogP contribution in [0.5, 0.6) is 0 Å². The average Bonchev–Trinajstić information content (AvgIpc) is 2.43. The van der Waals surface area contributed by atoms with Gasteiger partial charge in [0.1, 0.15) is 6.61 Å². The lowest BCUT2D eigenvalue weighted by molar-refractivity contribution is -0.123. The van der Waals surface area contributed by atoms with Crippen LogP contribution >= 0.6 is 0 Å². The van der Waals surface area contributed by atoms with Crippen molar-refractivity contribution >= 4 is 16.7 Å². The number of nitrogens with zero attached hydrogens (tertiary/aromatic N) is 1. The Bertz CT molecular complexity index is 554.